The quantitative estimate of drug-likeness (QED) is 0.563. The lowest BCUT2D eigenvalue weighted by molar-refractivity contribution is 0.185. The summed E-state index contributed by atoms with van der Waals surface area (Å²) in [5.74, 6) is 1.59. The number of methoxy groups -OCH3 is 2. The third-order valence-electron chi connectivity index (χ3n) is 3.75. The molecule has 3 aromatic rings. The van der Waals surface area contributed by atoms with E-state index in [-0.39, 0.29) is 5.82 Å². The van der Waals surface area contributed by atoms with E-state index in [0.717, 1.165) is 16.3 Å². The summed E-state index contributed by atoms with van der Waals surface area (Å²) < 4.78 is 27.3. The fourth-order valence-corrected chi connectivity index (χ4v) is 3.40. The molecule has 0 aliphatic carbocycles. The minimum Gasteiger partial charge on any atom is -0.479 e. The van der Waals surface area contributed by atoms with Gasteiger partial charge in [0.1, 0.15) is 11.4 Å². The van der Waals surface area contributed by atoms with Crippen molar-refractivity contribution in [1.82, 2.24) is 24.5 Å². The van der Waals surface area contributed by atoms with Gasteiger partial charge in [-0.05, 0) is 17.7 Å². The summed E-state index contributed by atoms with van der Waals surface area (Å²) in [6.45, 7) is 1.13. The standard InChI is InChI=1S/C17H20FN5O2S/c1-22-10-14(16(21-22)25-3)15-19-20-17(23(15)8-9-24-2)26-11-12-4-6-13(18)7-5-12/h4-7,10H,8-9,11H2,1-3H3. The largest absolute Gasteiger partial charge is 0.479 e. The van der Waals surface area contributed by atoms with Crippen LogP contribution in [0, 0.1) is 5.82 Å². The van der Waals surface area contributed by atoms with Crippen LogP contribution in [0.2, 0.25) is 0 Å². The molecule has 3 rings (SSSR count). The Kier molecular flexibility index (Phi) is 5.89. The zero-order chi connectivity index (χ0) is 18.5. The van der Waals surface area contributed by atoms with Crippen LogP contribution in [0.5, 0.6) is 5.88 Å². The predicted octanol–water partition coefficient (Wildman–Crippen LogP) is 2.77. The van der Waals surface area contributed by atoms with E-state index in [1.807, 2.05) is 17.8 Å². The third-order valence-corrected chi connectivity index (χ3v) is 4.78. The number of aromatic nitrogens is 5. The topological polar surface area (TPSA) is 67.0 Å². The molecule has 9 heteroatoms. The molecule has 138 valence electrons. The normalized spacial score (nSPS) is 11.1. The van der Waals surface area contributed by atoms with Crippen LogP contribution < -0.4 is 4.74 Å². The Morgan fingerprint density at radius 1 is 1.15 bits per heavy atom. The van der Waals surface area contributed by atoms with Crippen LogP contribution in [-0.2, 0) is 24.1 Å². The van der Waals surface area contributed by atoms with Gasteiger partial charge in [-0.2, -0.15) is 0 Å². The summed E-state index contributed by atoms with van der Waals surface area (Å²) >= 11 is 1.54. The first-order valence-electron chi connectivity index (χ1n) is 7.99. The molecule has 0 spiro atoms. The van der Waals surface area contributed by atoms with Gasteiger partial charge in [0.05, 0.1) is 20.3 Å². The van der Waals surface area contributed by atoms with E-state index in [0.29, 0.717) is 30.6 Å². The molecule has 2 aromatic heterocycles. The molecule has 0 aliphatic rings. The summed E-state index contributed by atoms with van der Waals surface area (Å²) in [7, 11) is 5.05. The number of halogens is 1. The highest BCUT2D eigenvalue weighted by molar-refractivity contribution is 7.98. The fraction of sp³-hybridized carbons (Fsp3) is 0.353. The van der Waals surface area contributed by atoms with Gasteiger partial charge in [0.25, 0.3) is 0 Å². The number of nitrogens with zero attached hydrogens (tertiary/aromatic N) is 5. The average molecular weight is 377 g/mol. The van der Waals surface area contributed by atoms with E-state index in [2.05, 4.69) is 15.3 Å². The van der Waals surface area contributed by atoms with Gasteiger partial charge in [-0.15, -0.1) is 15.3 Å². The highest BCUT2D eigenvalue weighted by Gasteiger charge is 2.20. The van der Waals surface area contributed by atoms with E-state index in [1.54, 1.807) is 31.0 Å². The molecule has 0 radical (unpaired) electrons. The maximum absolute atomic E-state index is 13.1. The number of benzene rings is 1. The molecule has 0 saturated heterocycles. The molecular formula is C17H20FN5O2S. The van der Waals surface area contributed by atoms with Crippen molar-refractivity contribution in [3.05, 3.63) is 41.8 Å². The molecule has 2 heterocycles. The molecule has 26 heavy (non-hydrogen) atoms. The zero-order valence-electron chi connectivity index (χ0n) is 14.8. The SMILES string of the molecule is COCCn1c(SCc2ccc(F)cc2)nnc1-c1cn(C)nc1OC. The Bertz CT molecular complexity index is 863. The van der Waals surface area contributed by atoms with Crippen LogP contribution in [0.3, 0.4) is 0 Å². The lowest BCUT2D eigenvalue weighted by atomic mass is 10.2. The molecule has 0 atom stereocenters. The van der Waals surface area contributed by atoms with Crippen LogP contribution in [0.25, 0.3) is 11.4 Å². The number of hydrogen-bond acceptors (Lipinski definition) is 6. The van der Waals surface area contributed by atoms with Crippen molar-refractivity contribution in [3.63, 3.8) is 0 Å². The lowest BCUT2D eigenvalue weighted by Gasteiger charge is -2.09. The first-order chi connectivity index (χ1) is 12.6. The molecular weight excluding hydrogens is 357 g/mol. The van der Waals surface area contributed by atoms with Crippen molar-refractivity contribution in [1.29, 1.82) is 0 Å². The van der Waals surface area contributed by atoms with Crippen molar-refractivity contribution >= 4 is 11.8 Å². The van der Waals surface area contributed by atoms with Gasteiger partial charge in [0.2, 0.25) is 5.88 Å². The van der Waals surface area contributed by atoms with Crippen molar-refractivity contribution < 1.29 is 13.9 Å². The number of ether oxygens (including phenoxy) is 2. The van der Waals surface area contributed by atoms with Gasteiger partial charge in [0, 0.05) is 26.1 Å². The van der Waals surface area contributed by atoms with Crippen molar-refractivity contribution in [2.24, 2.45) is 7.05 Å². The summed E-state index contributed by atoms with van der Waals surface area (Å²) in [5, 5.41) is 13.7. The van der Waals surface area contributed by atoms with Crippen molar-refractivity contribution in [2.45, 2.75) is 17.5 Å². The maximum Gasteiger partial charge on any atom is 0.243 e. The summed E-state index contributed by atoms with van der Waals surface area (Å²) in [5.41, 5.74) is 1.78. The average Bonchev–Trinajstić information content (AvgIpc) is 3.21. The van der Waals surface area contributed by atoms with E-state index in [1.165, 1.54) is 23.9 Å². The lowest BCUT2D eigenvalue weighted by Crippen LogP contribution is -2.07. The monoisotopic (exact) mass is 377 g/mol. The maximum atomic E-state index is 13.1. The minimum atomic E-state index is -0.243. The van der Waals surface area contributed by atoms with E-state index < -0.39 is 0 Å². The van der Waals surface area contributed by atoms with E-state index in [9.17, 15) is 4.39 Å². The molecule has 0 fully saturated rings. The Balaban J connectivity index is 1.87. The van der Waals surface area contributed by atoms with Crippen molar-refractivity contribution in [2.75, 3.05) is 20.8 Å². The highest BCUT2D eigenvalue weighted by atomic mass is 32.2. The van der Waals surface area contributed by atoms with Gasteiger partial charge in [-0.3, -0.25) is 9.25 Å². The van der Waals surface area contributed by atoms with Crippen LogP contribution in [0.4, 0.5) is 4.39 Å². The Morgan fingerprint density at radius 3 is 2.62 bits per heavy atom. The van der Waals surface area contributed by atoms with Crippen molar-refractivity contribution in [3.8, 4) is 17.3 Å². The van der Waals surface area contributed by atoms with Gasteiger partial charge >= 0.3 is 0 Å². The molecule has 0 unspecified atom stereocenters. The number of rotatable bonds is 8. The first kappa shape index (κ1) is 18.4. The second-order valence-corrected chi connectivity index (χ2v) is 6.53. The van der Waals surface area contributed by atoms with Crippen LogP contribution >= 0.6 is 11.8 Å². The number of thioether (sulfide) groups is 1. The summed E-state index contributed by atoms with van der Waals surface area (Å²) in [6.07, 6.45) is 1.85. The molecule has 0 bridgehead atoms. The first-order valence-corrected chi connectivity index (χ1v) is 8.98. The van der Waals surface area contributed by atoms with Crippen LogP contribution in [-0.4, -0.2) is 45.4 Å². The Labute approximate surface area is 155 Å². The smallest absolute Gasteiger partial charge is 0.243 e. The van der Waals surface area contributed by atoms with Gasteiger partial charge in [-0.25, -0.2) is 4.39 Å². The van der Waals surface area contributed by atoms with Gasteiger partial charge < -0.3 is 9.47 Å². The zero-order valence-corrected chi connectivity index (χ0v) is 15.7. The summed E-state index contributed by atoms with van der Waals surface area (Å²) in [6, 6.07) is 6.45. The third kappa shape index (κ3) is 4.05. The minimum absolute atomic E-state index is 0.243. The second kappa shape index (κ2) is 8.33. The fourth-order valence-electron chi connectivity index (χ4n) is 2.48. The molecule has 0 N–H and O–H groups in total. The molecule has 1 aromatic carbocycles. The summed E-state index contributed by atoms with van der Waals surface area (Å²) in [4.78, 5) is 0. The molecule has 7 nitrogen and oxygen atoms in total. The van der Waals surface area contributed by atoms with E-state index >= 15 is 0 Å². The van der Waals surface area contributed by atoms with Gasteiger partial charge in [0.15, 0.2) is 11.0 Å². The molecule has 0 aliphatic heterocycles. The number of hydrogen-bond donors (Lipinski definition) is 0. The van der Waals surface area contributed by atoms with Gasteiger partial charge in [-0.1, -0.05) is 23.9 Å². The predicted molar refractivity (Wildman–Crippen MR) is 96.6 cm³/mol. The Morgan fingerprint density at radius 2 is 1.92 bits per heavy atom. The second-order valence-electron chi connectivity index (χ2n) is 5.59. The Hall–Kier alpha value is -2.39. The van der Waals surface area contributed by atoms with Crippen LogP contribution in [0.15, 0.2) is 35.6 Å². The van der Waals surface area contributed by atoms with Crippen LogP contribution in [0.1, 0.15) is 5.56 Å². The number of aryl methyl sites for hydroxylation is 1. The molecule has 0 saturated carbocycles. The molecule has 0 amide bonds. The highest BCUT2D eigenvalue weighted by Crippen LogP contribution is 2.31. The van der Waals surface area contributed by atoms with E-state index in [4.69, 9.17) is 9.47 Å².